The average Bonchev–Trinajstić information content (AvgIpc) is 2.94. The number of pyridine rings is 1. The van der Waals surface area contributed by atoms with Crippen LogP contribution in [0.25, 0.3) is 10.8 Å². The van der Waals surface area contributed by atoms with Crippen molar-refractivity contribution in [3.05, 3.63) is 30.5 Å². The van der Waals surface area contributed by atoms with Gasteiger partial charge in [-0.3, -0.25) is 0 Å². The minimum Gasteiger partial charge on any atom is -0.508 e. The van der Waals surface area contributed by atoms with Gasteiger partial charge in [-0.2, -0.15) is 0 Å². The van der Waals surface area contributed by atoms with Crippen molar-refractivity contribution in [1.29, 1.82) is 0 Å². The number of fused-ring (bicyclic) bond motifs is 1. The molecule has 3 heterocycles. The van der Waals surface area contributed by atoms with E-state index in [0.717, 1.165) is 36.0 Å². The molecule has 0 unspecified atom stereocenters. The molecule has 2 aliphatic rings. The number of hydrogen-bond acceptors (Lipinski definition) is 5. The monoisotopic (exact) mass is 286 g/mol. The summed E-state index contributed by atoms with van der Waals surface area (Å²) in [7, 11) is 0. The zero-order valence-corrected chi connectivity index (χ0v) is 11.8. The Morgan fingerprint density at radius 1 is 1.19 bits per heavy atom. The van der Waals surface area contributed by atoms with E-state index in [1.807, 2.05) is 18.3 Å². The predicted molar refractivity (Wildman–Crippen MR) is 79.5 cm³/mol. The number of ether oxygens (including phenoxy) is 2. The molecule has 110 valence electrons. The highest BCUT2D eigenvalue weighted by atomic mass is 16.7. The molecule has 0 radical (unpaired) electrons. The number of anilines is 1. The molecule has 5 heteroatoms. The van der Waals surface area contributed by atoms with Gasteiger partial charge in [-0.25, -0.2) is 4.98 Å². The number of piperidine rings is 1. The van der Waals surface area contributed by atoms with Gasteiger partial charge in [0.15, 0.2) is 5.79 Å². The van der Waals surface area contributed by atoms with Crippen LogP contribution >= 0.6 is 0 Å². The SMILES string of the molecule is Oc1ccc2ccnc(N3CCCC4(C3)OCCO4)c2c1. The summed E-state index contributed by atoms with van der Waals surface area (Å²) < 4.78 is 11.7. The van der Waals surface area contributed by atoms with E-state index >= 15 is 0 Å². The van der Waals surface area contributed by atoms with E-state index in [2.05, 4.69) is 9.88 Å². The van der Waals surface area contributed by atoms with Gasteiger partial charge < -0.3 is 19.5 Å². The van der Waals surface area contributed by atoms with Crippen LogP contribution in [0.2, 0.25) is 0 Å². The van der Waals surface area contributed by atoms with Crippen molar-refractivity contribution in [1.82, 2.24) is 4.98 Å². The Labute approximate surface area is 123 Å². The molecule has 0 aliphatic carbocycles. The summed E-state index contributed by atoms with van der Waals surface area (Å²) in [6, 6.07) is 7.35. The van der Waals surface area contributed by atoms with Gasteiger partial charge >= 0.3 is 0 Å². The lowest BCUT2D eigenvalue weighted by atomic mass is 10.0. The maximum Gasteiger partial charge on any atom is 0.186 e. The third kappa shape index (κ3) is 2.22. The molecule has 2 fully saturated rings. The van der Waals surface area contributed by atoms with Crippen LogP contribution in [0.4, 0.5) is 5.82 Å². The average molecular weight is 286 g/mol. The fourth-order valence-corrected chi connectivity index (χ4v) is 3.29. The summed E-state index contributed by atoms with van der Waals surface area (Å²) in [6.07, 6.45) is 3.75. The lowest BCUT2D eigenvalue weighted by Gasteiger charge is -2.39. The molecule has 2 aromatic rings. The van der Waals surface area contributed by atoms with Crippen LogP contribution in [0.1, 0.15) is 12.8 Å². The van der Waals surface area contributed by atoms with Crippen molar-refractivity contribution in [3.63, 3.8) is 0 Å². The second-order valence-corrected chi connectivity index (χ2v) is 5.67. The zero-order valence-electron chi connectivity index (χ0n) is 11.8. The Kier molecular flexibility index (Phi) is 2.97. The molecule has 1 spiro atoms. The van der Waals surface area contributed by atoms with Crippen LogP contribution in [0.3, 0.4) is 0 Å². The van der Waals surface area contributed by atoms with Gasteiger partial charge in [-0.1, -0.05) is 6.07 Å². The molecule has 1 aromatic heterocycles. The first-order valence-corrected chi connectivity index (χ1v) is 7.36. The maximum atomic E-state index is 9.76. The molecular weight excluding hydrogens is 268 g/mol. The normalized spacial score (nSPS) is 21.2. The molecule has 2 aliphatic heterocycles. The summed E-state index contributed by atoms with van der Waals surface area (Å²) in [6.45, 7) is 2.94. The van der Waals surface area contributed by atoms with E-state index < -0.39 is 5.79 Å². The Balaban J connectivity index is 1.74. The van der Waals surface area contributed by atoms with Crippen molar-refractivity contribution in [2.75, 3.05) is 31.2 Å². The number of nitrogens with zero attached hydrogens (tertiary/aromatic N) is 2. The van der Waals surface area contributed by atoms with E-state index in [1.165, 1.54) is 0 Å². The zero-order chi connectivity index (χ0) is 14.3. The van der Waals surface area contributed by atoms with Crippen LogP contribution in [0.15, 0.2) is 30.5 Å². The fourth-order valence-electron chi connectivity index (χ4n) is 3.29. The molecule has 0 amide bonds. The maximum absolute atomic E-state index is 9.76. The molecule has 0 saturated carbocycles. The predicted octanol–water partition coefficient (Wildman–Crippen LogP) is 2.28. The number of benzene rings is 1. The van der Waals surface area contributed by atoms with Crippen molar-refractivity contribution in [2.45, 2.75) is 18.6 Å². The Morgan fingerprint density at radius 2 is 2.05 bits per heavy atom. The van der Waals surface area contributed by atoms with E-state index in [9.17, 15) is 5.11 Å². The number of aromatic hydroxyl groups is 1. The molecule has 4 rings (SSSR count). The lowest BCUT2D eigenvalue weighted by molar-refractivity contribution is -0.161. The van der Waals surface area contributed by atoms with E-state index in [4.69, 9.17) is 9.47 Å². The first-order chi connectivity index (χ1) is 10.3. The quantitative estimate of drug-likeness (QED) is 0.871. The van der Waals surface area contributed by atoms with Gasteiger partial charge in [0.2, 0.25) is 0 Å². The number of aromatic nitrogens is 1. The molecule has 0 atom stereocenters. The first-order valence-electron chi connectivity index (χ1n) is 7.36. The molecule has 1 aromatic carbocycles. The van der Waals surface area contributed by atoms with Crippen LogP contribution in [-0.2, 0) is 9.47 Å². The summed E-state index contributed by atoms with van der Waals surface area (Å²) in [5.41, 5.74) is 0. The summed E-state index contributed by atoms with van der Waals surface area (Å²) in [4.78, 5) is 6.73. The lowest BCUT2D eigenvalue weighted by Crippen LogP contribution is -2.49. The minimum absolute atomic E-state index is 0.261. The van der Waals surface area contributed by atoms with Crippen molar-refractivity contribution in [2.24, 2.45) is 0 Å². The summed E-state index contributed by atoms with van der Waals surface area (Å²) in [5.74, 6) is 0.678. The van der Waals surface area contributed by atoms with Gasteiger partial charge in [0.05, 0.1) is 19.8 Å². The van der Waals surface area contributed by atoms with Gasteiger partial charge in [0.1, 0.15) is 11.6 Å². The third-order valence-electron chi connectivity index (χ3n) is 4.26. The van der Waals surface area contributed by atoms with Crippen molar-refractivity contribution < 1.29 is 14.6 Å². The second-order valence-electron chi connectivity index (χ2n) is 5.67. The molecule has 0 bridgehead atoms. The van der Waals surface area contributed by atoms with Crippen LogP contribution in [0.5, 0.6) is 5.75 Å². The standard InChI is InChI=1S/C16H18N2O3/c19-13-3-2-12-4-6-17-15(14(12)10-13)18-7-1-5-16(11-18)20-8-9-21-16/h2-4,6,10,19H,1,5,7-9,11H2. The van der Waals surface area contributed by atoms with E-state index in [-0.39, 0.29) is 5.75 Å². The largest absolute Gasteiger partial charge is 0.508 e. The molecular formula is C16H18N2O3. The summed E-state index contributed by atoms with van der Waals surface area (Å²) in [5, 5.41) is 11.8. The van der Waals surface area contributed by atoms with Gasteiger partial charge in [0, 0.05) is 24.5 Å². The first kappa shape index (κ1) is 12.9. The Bertz CT molecular complexity index is 668. The number of hydrogen-bond donors (Lipinski definition) is 1. The Hall–Kier alpha value is -1.85. The molecule has 1 N–H and O–H groups in total. The molecule has 21 heavy (non-hydrogen) atoms. The molecule has 2 saturated heterocycles. The topological polar surface area (TPSA) is 54.8 Å². The fraction of sp³-hybridized carbons (Fsp3) is 0.438. The highest BCUT2D eigenvalue weighted by Gasteiger charge is 2.41. The third-order valence-corrected chi connectivity index (χ3v) is 4.26. The van der Waals surface area contributed by atoms with Gasteiger partial charge in [0.25, 0.3) is 0 Å². The van der Waals surface area contributed by atoms with Gasteiger partial charge in [-0.05, 0) is 30.0 Å². The number of rotatable bonds is 1. The van der Waals surface area contributed by atoms with Crippen LogP contribution in [-0.4, -0.2) is 42.2 Å². The highest BCUT2D eigenvalue weighted by Crippen LogP contribution is 2.35. The Morgan fingerprint density at radius 3 is 2.90 bits per heavy atom. The van der Waals surface area contributed by atoms with E-state index in [1.54, 1.807) is 12.1 Å². The smallest absolute Gasteiger partial charge is 0.186 e. The number of phenols is 1. The minimum atomic E-state index is -0.473. The van der Waals surface area contributed by atoms with Crippen molar-refractivity contribution in [3.8, 4) is 5.75 Å². The van der Waals surface area contributed by atoms with Gasteiger partial charge in [-0.15, -0.1) is 0 Å². The van der Waals surface area contributed by atoms with Crippen LogP contribution in [0, 0.1) is 0 Å². The second kappa shape index (κ2) is 4.86. The van der Waals surface area contributed by atoms with E-state index in [0.29, 0.717) is 19.8 Å². The highest BCUT2D eigenvalue weighted by molar-refractivity contribution is 5.93. The molecule has 5 nitrogen and oxygen atoms in total. The van der Waals surface area contributed by atoms with Crippen LogP contribution < -0.4 is 4.90 Å². The van der Waals surface area contributed by atoms with Crippen molar-refractivity contribution >= 4 is 16.6 Å². The summed E-state index contributed by atoms with van der Waals surface area (Å²) >= 11 is 0. The number of phenolic OH excluding ortho intramolecular Hbond substituents is 1.